The van der Waals surface area contributed by atoms with Crippen LogP contribution in [0.5, 0.6) is 0 Å². The summed E-state index contributed by atoms with van der Waals surface area (Å²) in [7, 11) is 0. The second-order valence-corrected chi connectivity index (χ2v) is 6.05. The zero-order valence-electron chi connectivity index (χ0n) is 14.0. The van der Waals surface area contributed by atoms with Crippen molar-refractivity contribution in [2.75, 3.05) is 23.3 Å². The predicted molar refractivity (Wildman–Crippen MR) is 96.3 cm³/mol. The number of fused-ring (bicyclic) bond motifs is 1. The van der Waals surface area contributed by atoms with Crippen molar-refractivity contribution in [3.05, 3.63) is 30.2 Å². The van der Waals surface area contributed by atoms with Gasteiger partial charge in [-0.15, -0.1) is 0 Å². The maximum atomic E-state index is 12.2. The van der Waals surface area contributed by atoms with E-state index in [0.29, 0.717) is 29.7 Å². The van der Waals surface area contributed by atoms with Crippen LogP contribution >= 0.6 is 0 Å². The monoisotopic (exact) mass is 335 g/mol. The lowest BCUT2D eigenvalue weighted by Gasteiger charge is -2.31. The van der Waals surface area contributed by atoms with Gasteiger partial charge in [0.2, 0.25) is 5.91 Å². The van der Waals surface area contributed by atoms with Crippen molar-refractivity contribution in [2.24, 2.45) is 9.98 Å². The molecule has 2 aromatic heterocycles. The summed E-state index contributed by atoms with van der Waals surface area (Å²) in [6.07, 6.45) is 5.16. The molecule has 0 radical (unpaired) electrons. The highest BCUT2D eigenvalue weighted by Gasteiger charge is 2.28. The van der Waals surface area contributed by atoms with E-state index in [1.807, 2.05) is 26.0 Å². The molecule has 25 heavy (non-hydrogen) atoms. The van der Waals surface area contributed by atoms with Crippen molar-refractivity contribution in [1.29, 1.82) is 0 Å². The van der Waals surface area contributed by atoms with Gasteiger partial charge >= 0.3 is 0 Å². The molecule has 8 nitrogen and oxygen atoms in total. The number of amides is 1. The zero-order valence-corrected chi connectivity index (χ0v) is 14.0. The van der Waals surface area contributed by atoms with E-state index in [9.17, 15) is 4.79 Å². The molecule has 0 atom stereocenters. The van der Waals surface area contributed by atoms with Crippen LogP contribution in [0.15, 0.2) is 34.5 Å². The number of hydrogen-bond donors (Lipinski definition) is 1. The van der Waals surface area contributed by atoms with Crippen LogP contribution in [-0.4, -0.2) is 52.0 Å². The molecule has 0 saturated heterocycles. The Morgan fingerprint density at radius 1 is 1.16 bits per heavy atom. The molecule has 8 heteroatoms. The second kappa shape index (κ2) is 6.04. The Hall–Kier alpha value is -3.16. The predicted octanol–water partition coefficient (Wildman–Crippen LogP) is 1.54. The van der Waals surface area contributed by atoms with Crippen molar-refractivity contribution in [1.82, 2.24) is 15.0 Å². The van der Waals surface area contributed by atoms with E-state index in [1.54, 1.807) is 23.5 Å². The van der Waals surface area contributed by atoms with Crippen molar-refractivity contribution in [3.63, 3.8) is 0 Å². The zero-order chi connectivity index (χ0) is 17.4. The van der Waals surface area contributed by atoms with E-state index in [4.69, 9.17) is 0 Å². The Bertz CT molecular complexity index is 886. The number of rotatable bonds is 3. The van der Waals surface area contributed by atoms with Gasteiger partial charge in [0.15, 0.2) is 17.5 Å². The summed E-state index contributed by atoms with van der Waals surface area (Å²) >= 11 is 0. The topological polar surface area (TPSA) is 95.7 Å². The van der Waals surface area contributed by atoms with Crippen LogP contribution in [0.25, 0.3) is 11.3 Å². The van der Waals surface area contributed by atoms with E-state index in [-0.39, 0.29) is 18.5 Å². The minimum atomic E-state index is -0.0143. The van der Waals surface area contributed by atoms with Gasteiger partial charge in [0.1, 0.15) is 5.69 Å². The molecule has 4 rings (SSSR count). The summed E-state index contributed by atoms with van der Waals surface area (Å²) in [5, 5.41) is 3.01. The highest BCUT2D eigenvalue weighted by Crippen LogP contribution is 2.29. The SMILES string of the molecule is CC(C)N1C(=O)CNc2ncc(-c3ccc(C4=NCC=N4)nc3)nc21. The number of amidine groups is 1. The molecule has 0 aliphatic carbocycles. The van der Waals surface area contributed by atoms with E-state index in [0.717, 1.165) is 11.3 Å². The van der Waals surface area contributed by atoms with Crippen LogP contribution in [0.1, 0.15) is 19.5 Å². The van der Waals surface area contributed by atoms with Crippen LogP contribution in [0.3, 0.4) is 0 Å². The summed E-state index contributed by atoms with van der Waals surface area (Å²) in [4.78, 5) is 35.8. The minimum Gasteiger partial charge on any atom is -0.358 e. The molecular weight excluding hydrogens is 318 g/mol. The molecular formula is C17H17N7O. The normalized spacial score (nSPS) is 16.0. The number of hydrogen-bond acceptors (Lipinski definition) is 7. The van der Waals surface area contributed by atoms with Gasteiger partial charge in [0, 0.05) is 24.0 Å². The summed E-state index contributed by atoms with van der Waals surface area (Å²) < 4.78 is 0. The second-order valence-electron chi connectivity index (χ2n) is 6.05. The molecule has 2 aliphatic rings. The molecule has 126 valence electrons. The minimum absolute atomic E-state index is 0.0108. The van der Waals surface area contributed by atoms with Gasteiger partial charge in [-0.1, -0.05) is 0 Å². The number of nitrogens with one attached hydrogen (secondary N) is 1. The summed E-state index contributed by atoms with van der Waals surface area (Å²) in [5.74, 6) is 1.80. The van der Waals surface area contributed by atoms with Gasteiger partial charge in [-0.25, -0.2) is 15.0 Å². The van der Waals surface area contributed by atoms with Crippen LogP contribution < -0.4 is 10.2 Å². The first-order valence-electron chi connectivity index (χ1n) is 8.10. The number of aliphatic imine (C=N–C) groups is 2. The van der Waals surface area contributed by atoms with E-state index < -0.39 is 0 Å². The molecule has 2 aromatic rings. The standard InChI is InChI=1S/C17H17N7O/c1-10(2)24-14(25)9-22-16-17(24)23-13(8-21-16)11-3-4-12(20-7-11)15-18-5-6-19-15/h3-5,7-8,10H,6,9H2,1-2H3,(H,21,22). The molecule has 0 spiro atoms. The Morgan fingerprint density at radius 2 is 2.04 bits per heavy atom. The van der Waals surface area contributed by atoms with Crippen LogP contribution in [0.2, 0.25) is 0 Å². The van der Waals surface area contributed by atoms with Crippen molar-refractivity contribution in [3.8, 4) is 11.3 Å². The molecule has 2 aliphatic heterocycles. The van der Waals surface area contributed by atoms with Gasteiger partial charge in [-0.2, -0.15) is 0 Å². The number of pyridine rings is 1. The van der Waals surface area contributed by atoms with Crippen LogP contribution in [0.4, 0.5) is 11.6 Å². The maximum absolute atomic E-state index is 12.2. The van der Waals surface area contributed by atoms with Gasteiger partial charge in [-0.05, 0) is 26.0 Å². The fourth-order valence-corrected chi connectivity index (χ4v) is 2.83. The van der Waals surface area contributed by atoms with Gasteiger partial charge < -0.3 is 5.32 Å². The molecule has 0 aromatic carbocycles. The fraction of sp³-hybridized carbons (Fsp3) is 0.294. The Balaban J connectivity index is 1.70. The molecule has 1 N–H and O–H groups in total. The van der Waals surface area contributed by atoms with E-state index in [1.165, 1.54) is 0 Å². The highest BCUT2D eigenvalue weighted by molar-refractivity contribution is 6.05. The lowest BCUT2D eigenvalue weighted by molar-refractivity contribution is -0.117. The highest BCUT2D eigenvalue weighted by atomic mass is 16.2. The summed E-state index contributed by atoms with van der Waals surface area (Å²) in [6, 6.07) is 3.78. The summed E-state index contributed by atoms with van der Waals surface area (Å²) in [6.45, 7) is 4.75. The number of aromatic nitrogens is 3. The van der Waals surface area contributed by atoms with Gasteiger partial charge in [0.25, 0.3) is 0 Å². The number of anilines is 2. The number of carbonyl (C=O) groups excluding carboxylic acids is 1. The third-order valence-electron chi connectivity index (χ3n) is 4.00. The lowest BCUT2D eigenvalue weighted by atomic mass is 10.2. The average molecular weight is 335 g/mol. The lowest BCUT2D eigenvalue weighted by Crippen LogP contribution is -2.45. The number of nitrogens with zero attached hydrogens (tertiary/aromatic N) is 6. The Labute approximate surface area is 144 Å². The first kappa shape index (κ1) is 15.4. The molecule has 0 saturated carbocycles. The largest absolute Gasteiger partial charge is 0.358 e. The quantitative estimate of drug-likeness (QED) is 0.918. The first-order chi connectivity index (χ1) is 12.1. The average Bonchev–Trinajstić information content (AvgIpc) is 3.15. The fourth-order valence-electron chi connectivity index (χ4n) is 2.83. The van der Waals surface area contributed by atoms with Crippen LogP contribution in [-0.2, 0) is 4.79 Å². The smallest absolute Gasteiger partial charge is 0.247 e. The van der Waals surface area contributed by atoms with Crippen LogP contribution in [0, 0.1) is 0 Å². The van der Waals surface area contributed by atoms with Crippen molar-refractivity contribution >= 4 is 29.6 Å². The maximum Gasteiger partial charge on any atom is 0.247 e. The molecule has 1 amide bonds. The first-order valence-corrected chi connectivity index (χ1v) is 8.10. The molecule has 0 fully saturated rings. The molecule has 0 bridgehead atoms. The van der Waals surface area contributed by atoms with Crippen molar-refractivity contribution < 1.29 is 4.79 Å². The molecule has 4 heterocycles. The van der Waals surface area contributed by atoms with Gasteiger partial charge in [0.05, 0.1) is 25.0 Å². The van der Waals surface area contributed by atoms with Gasteiger partial charge in [-0.3, -0.25) is 19.7 Å². The number of carbonyl (C=O) groups is 1. The Morgan fingerprint density at radius 3 is 2.72 bits per heavy atom. The van der Waals surface area contributed by atoms with Crippen molar-refractivity contribution in [2.45, 2.75) is 19.9 Å². The molecule has 0 unspecified atom stereocenters. The van der Waals surface area contributed by atoms with E-state index >= 15 is 0 Å². The third-order valence-corrected chi connectivity index (χ3v) is 4.00. The third kappa shape index (κ3) is 2.75. The Kier molecular flexibility index (Phi) is 3.72. The van der Waals surface area contributed by atoms with E-state index in [2.05, 4.69) is 30.3 Å². The summed E-state index contributed by atoms with van der Waals surface area (Å²) in [5.41, 5.74) is 2.21.